The summed E-state index contributed by atoms with van der Waals surface area (Å²) in [6.45, 7) is 12.3. The van der Waals surface area contributed by atoms with Crippen molar-refractivity contribution < 1.29 is 0 Å². The Morgan fingerprint density at radius 2 is 1.56 bits per heavy atom. The minimum atomic E-state index is 0.693. The van der Waals surface area contributed by atoms with Crippen molar-refractivity contribution in [1.82, 2.24) is 9.78 Å². The molecular weight excluding hydrogens is 196 g/mol. The summed E-state index contributed by atoms with van der Waals surface area (Å²) in [5.74, 6) is 0. The SMILES string of the molecule is CC.CC.Cc1cnn(C2CCCC2)c1C. The molecule has 0 spiro atoms. The number of aromatic nitrogens is 2. The molecule has 1 heterocycles. The van der Waals surface area contributed by atoms with Gasteiger partial charge in [-0.25, -0.2) is 0 Å². The van der Waals surface area contributed by atoms with Gasteiger partial charge in [0.2, 0.25) is 0 Å². The fourth-order valence-electron chi connectivity index (χ4n) is 2.03. The Labute approximate surface area is 101 Å². The molecule has 1 aromatic heterocycles. The molecule has 1 fully saturated rings. The first-order valence-corrected chi connectivity index (χ1v) is 6.80. The Morgan fingerprint density at radius 1 is 1.06 bits per heavy atom. The molecule has 0 saturated heterocycles. The van der Waals surface area contributed by atoms with Gasteiger partial charge in [0.05, 0.1) is 12.2 Å². The predicted octanol–water partition coefficient (Wildman–Crippen LogP) is 4.67. The van der Waals surface area contributed by atoms with Crippen molar-refractivity contribution in [3.63, 3.8) is 0 Å². The second kappa shape index (κ2) is 8.37. The van der Waals surface area contributed by atoms with E-state index in [1.165, 1.54) is 36.9 Å². The second-order valence-electron chi connectivity index (χ2n) is 3.80. The summed E-state index contributed by atoms with van der Waals surface area (Å²) in [6, 6.07) is 0.693. The minimum Gasteiger partial charge on any atom is -0.267 e. The Balaban J connectivity index is 0.000000509. The van der Waals surface area contributed by atoms with Crippen LogP contribution < -0.4 is 0 Å². The van der Waals surface area contributed by atoms with E-state index in [1.807, 2.05) is 33.9 Å². The summed E-state index contributed by atoms with van der Waals surface area (Å²) in [5, 5.41) is 4.41. The van der Waals surface area contributed by atoms with Crippen molar-refractivity contribution in [2.45, 2.75) is 73.3 Å². The summed E-state index contributed by atoms with van der Waals surface area (Å²) in [5.41, 5.74) is 2.67. The van der Waals surface area contributed by atoms with Crippen LogP contribution in [0.2, 0.25) is 0 Å². The topological polar surface area (TPSA) is 17.8 Å². The van der Waals surface area contributed by atoms with Crippen molar-refractivity contribution in [2.75, 3.05) is 0 Å². The molecule has 0 atom stereocenters. The van der Waals surface area contributed by atoms with E-state index >= 15 is 0 Å². The van der Waals surface area contributed by atoms with E-state index in [0.29, 0.717) is 6.04 Å². The molecule has 0 radical (unpaired) electrons. The van der Waals surface area contributed by atoms with E-state index in [-0.39, 0.29) is 0 Å². The average Bonchev–Trinajstić information content (AvgIpc) is 2.96. The zero-order valence-corrected chi connectivity index (χ0v) is 11.9. The smallest absolute Gasteiger partial charge is 0.0522 e. The molecule has 2 nitrogen and oxygen atoms in total. The summed E-state index contributed by atoms with van der Waals surface area (Å²) in [7, 11) is 0. The van der Waals surface area contributed by atoms with Crippen LogP contribution in [0.1, 0.15) is 70.7 Å². The maximum Gasteiger partial charge on any atom is 0.0522 e. The predicted molar refractivity (Wildman–Crippen MR) is 71.9 cm³/mol. The molecule has 1 aliphatic rings. The molecule has 2 heteroatoms. The lowest BCUT2D eigenvalue weighted by molar-refractivity contribution is 0.456. The number of hydrogen-bond donors (Lipinski definition) is 0. The highest BCUT2D eigenvalue weighted by atomic mass is 15.3. The van der Waals surface area contributed by atoms with Crippen molar-refractivity contribution in [3.8, 4) is 0 Å². The lowest BCUT2D eigenvalue weighted by Crippen LogP contribution is -2.08. The van der Waals surface area contributed by atoms with Crippen LogP contribution in [-0.2, 0) is 0 Å². The van der Waals surface area contributed by atoms with Gasteiger partial charge in [-0.1, -0.05) is 40.5 Å². The van der Waals surface area contributed by atoms with Gasteiger partial charge in [-0.15, -0.1) is 0 Å². The van der Waals surface area contributed by atoms with Crippen LogP contribution in [0.15, 0.2) is 6.20 Å². The minimum absolute atomic E-state index is 0.693. The Bertz CT molecular complexity index is 270. The van der Waals surface area contributed by atoms with E-state index in [0.717, 1.165) is 0 Å². The van der Waals surface area contributed by atoms with Crippen molar-refractivity contribution >= 4 is 0 Å². The maximum absolute atomic E-state index is 4.41. The summed E-state index contributed by atoms with van der Waals surface area (Å²) >= 11 is 0. The molecule has 94 valence electrons. The summed E-state index contributed by atoms with van der Waals surface area (Å²) < 4.78 is 2.21. The first-order chi connectivity index (χ1) is 7.79. The lowest BCUT2D eigenvalue weighted by atomic mass is 10.2. The normalized spacial score (nSPS) is 14.9. The first kappa shape index (κ1) is 15.2. The van der Waals surface area contributed by atoms with Crippen LogP contribution >= 0.6 is 0 Å². The van der Waals surface area contributed by atoms with Crippen molar-refractivity contribution in [3.05, 3.63) is 17.5 Å². The van der Waals surface area contributed by atoms with Crippen LogP contribution in [0.4, 0.5) is 0 Å². The quantitative estimate of drug-likeness (QED) is 0.678. The zero-order chi connectivity index (χ0) is 12.6. The fraction of sp³-hybridized carbons (Fsp3) is 0.786. The van der Waals surface area contributed by atoms with Crippen LogP contribution in [-0.4, -0.2) is 9.78 Å². The Kier molecular flexibility index (Phi) is 7.96. The Morgan fingerprint density at radius 3 is 1.94 bits per heavy atom. The van der Waals surface area contributed by atoms with Gasteiger partial charge in [0.1, 0.15) is 0 Å². The van der Waals surface area contributed by atoms with Gasteiger partial charge in [-0.3, -0.25) is 4.68 Å². The van der Waals surface area contributed by atoms with E-state index < -0.39 is 0 Å². The maximum atomic E-state index is 4.41. The fourth-order valence-corrected chi connectivity index (χ4v) is 2.03. The standard InChI is InChI=1S/C10H16N2.2C2H6/c1-8-7-11-12(9(8)2)10-5-3-4-6-10;2*1-2/h7,10H,3-6H2,1-2H3;2*1-2H3. The van der Waals surface area contributed by atoms with E-state index in [4.69, 9.17) is 0 Å². The van der Waals surface area contributed by atoms with E-state index in [1.54, 1.807) is 0 Å². The molecule has 0 unspecified atom stereocenters. The monoisotopic (exact) mass is 224 g/mol. The number of aryl methyl sites for hydroxylation is 1. The molecule has 1 saturated carbocycles. The highest BCUT2D eigenvalue weighted by Crippen LogP contribution is 2.30. The summed E-state index contributed by atoms with van der Waals surface area (Å²) in [4.78, 5) is 0. The molecule has 1 aliphatic carbocycles. The van der Waals surface area contributed by atoms with Gasteiger partial charge in [0.15, 0.2) is 0 Å². The molecule has 0 amide bonds. The molecule has 1 aromatic rings. The van der Waals surface area contributed by atoms with Crippen molar-refractivity contribution in [2.24, 2.45) is 0 Å². The highest BCUT2D eigenvalue weighted by Gasteiger charge is 2.18. The molecule has 0 aromatic carbocycles. The third kappa shape index (κ3) is 3.66. The Hall–Kier alpha value is -0.790. The molecule has 0 aliphatic heterocycles. The van der Waals surface area contributed by atoms with Crippen LogP contribution in [0.25, 0.3) is 0 Å². The van der Waals surface area contributed by atoms with Crippen molar-refractivity contribution in [1.29, 1.82) is 0 Å². The first-order valence-electron chi connectivity index (χ1n) is 6.80. The van der Waals surface area contributed by atoms with Gasteiger partial charge in [-0.2, -0.15) is 5.10 Å². The summed E-state index contributed by atoms with van der Waals surface area (Å²) in [6.07, 6.45) is 7.38. The van der Waals surface area contributed by atoms with Crippen LogP contribution in [0.5, 0.6) is 0 Å². The van der Waals surface area contributed by atoms with Gasteiger partial charge in [0, 0.05) is 5.69 Å². The molecule has 0 bridgehead atoms. The van der Waals surface area contributed by atoms with Gasteiger partial charge >= 0.3 is 0 Å². The number of rotatable bonds is 1. The molecule has 0 N–H and O–H groups in total. The van der Waals surface area contributed by atoms with Gasteiger partial charge in [0.25, 0.3) is 0 Å². The van der Waals surface area contributed by atoms with Gasteiger partial charge < -0.3 is 0 Å². The lowest BCUT2D eigenvalue weighted by Gasteiger charge is -2.11. The molecular formula is C14H28N2. The third-order valence-electron chi connectivity index (χ3n) is 2.96. The van der Waals surface area contributed by atoms with Gasteiger partial charge in [-0.05, 0) is 32.3 Å². The number of hydrogen-bond acceptors (Lipinski definition) is 1. The van der Waals surface area contributed by atoms with E-state index in [2.05, 4.69) is 23.6 Å². The average molecular weight is 224 g/mol. The second-order valence-corrected chi connectivity index (χ2v) is 3.80. The third-order valence-corrected chi connectivity index (χ3v) is 2.96. The van der Waals surface area contributed by atoms with Crippen LogP contribution in [0.3, 0.4) is 0 Å². The van der Waals surface area contributed by atoms with Crippen LogP contribution in [0, 0.1) is 13.8 Å². The van der Waals surface area contributed by atoms with E-state index in [9.17, 15) is 0 Å². The number of nitrogens with zero attached hydrogens (tertiary/aromatic N) is 2. The zero-order valence-electron chi connectivity index (χ0n) is 11.9. The molecule has 2 rings (SSSR count). The molecule has 16 heavy (non-hydrogen) atoms. The largest absolute Gasteiger partial charge is 0.267 e. The highest BCUT2D eigenvalue weighted by molar-refractivity contribution is 5.14.